The fourth-order valence-corrected chi connectivity index (χ4v) is 4.94. The van der Waals surface area contributed by atoms with E-state index in [-0.39, 0.29) is 10.8 Å². The molecule has 0 atom stereocenters. The van der Waals surface area contributed by atoms with E-state index in [9.17, 15) is 13.2 Å². The largest absolute Gasteiger partial charge is 0.492 e. The SMILES string of the molecule is Cc1cc(C)c(C(=O)NCCOc2ccc(S(=O)(=O)N3CCCC3)cc2)cc1C. The standard InChI is InChI=1S/C22H28N2O4S/c1-16-14-18(3)21(15-17(16)2)22(25)23-10-13-28-19-6-8-20(9-7-19)29(26,27)24-11-4-5-12-24/h6-9,14-15H,4-5,10-13H2,1-3H3,(H,23,25). The monoisotopic (exact) mass is 416 g/mol. The number of nitrogens with one attached hydrogen (secondary N) is 1. The summed E-state index contributed by atoms with van der Waals surface area (Å²) in [5, 5.41) is 2.86. The molecule has 156 valence electrons. The summed E-state index contributed by atoms with van der Waals surface area (Å²) in [6.45, 7) is 7.77. The highest BCUT2D eigenvalue weighted by Crippen LogP contribution is 2.23. The lowest BCUT2D eigenvalue weighted by molar-refractivity contribution is 0.0946. The zero-order chi connectivity index (χ0) is 21.0. The molecule has 6 nitrogen and oxygen atoms in total. The van der Waals surface area contributed by atoms with Crippen molar-refractivity contribution in [1.29, 1.82) is 0 Å². The molecule has 7 heteroatoms. The van der Waals surface area contributed by atoms with Gasteiger partial charge < -0.3 is 10.1 Å². The van der Waals surface area contributed by atoms with Crippen molar-refractivity contribution < 1.29 is 17.9 Å². The number of hydrogen-bond donors (Lipinski definition) is 1. The molecule has 1 N–H and O–H groups in total. The quantitative estimate of drug-likeness (QED) is 0.704. The van der Waals surface area contributed by atoms with Crippen LogP contribution >= 0.6 is 0 Å². The van der Waals surface area contributed by atoms with Crippen molar-refractivity contribution in [1.82, 2.24) is 9.62 Å². The minimum Gasteiger partial charge on any atom is -0.492 e. The molecule has 0 spiro atoms. The summed E-state index contributed by atoms with van der Waals surface area (Å²) in [6, 6.07) is 10.4. The maximum absolute atomic E-state index is 12.5. The summed E-state index contributed by atoms with van der Waals surface area (Å²) >= 11 is 0. The minimum absolute atomic E-state index is 0.124. The van der Waals surface area contributed by atoms with Gasteiger partial charge in [-0.25, -0.2) is 8.42 Å². The summed E-state index contributed by atoms with van der Waals surface area (Å²) in [5.74, 6) is 0.447. The van der Waals surface area contributed by atoms with Crippen LogP contribution in [0, 0.1) is 20.8 Å². The van der Waals surface area contributed by atoms with E-state index in [4.69, 9.17) is 4.74 Å². The Bertz CT molecular complexity index is 979. The molecule has 1 fully saturated rings. The summed E-state index contributed by atoms with van der Waals surface area (Å²) in [7, 11) is -3.41. The second-order valence-corrected chi connectivity index (χ2v) is 9.38. The van der Waals surface area contributed by atoms with Gasteiger partial charge in [0.05, 0.1) is 11.4 Å². The van der Waals surface area contributed by atoms with Gasteiger partial charge in [-0.05, 0) is 80.6 Å². The first kappa shape index (κ1) is 21.3. The Morgan fingerprint density at radius 3 is 2.28 bits per heavy atom. The molecular weight excluding hydrogens is 388 g/mol. The van der Waals surface area contributed by atoms with E-state index in [0.29, 0.717) is 37.6 Å². The number of ether oxygens (including phenoxy) is 1. The van der Waals surface area contributed by atoms with Gasteiger partial charge in [-0.2, -0.15) is 4.31 Å². The van der Waals surface area contributed by atoms with Crippen molar-refractivity contribution in [2.75, 3.05) is 26.2 Å². The maximum atomic E-state index is 12.5. The zero-order valence-electron chi connectivity index (χ0n) is 17.2. The Morgan fingerprint density at radius 1 is 1.00 bits per heavy atom. The highest BCUT2D eigenvalue weighted by Gasteiger charge is 2.26. The van der Waals surface area contributed by atoms with Gasteiger partial charge in [0.1, 0.15) is 12.4 Å². The fourth-order valence-electron chi connectivity index (χ4n) is 3.42. The number of carbonyl (C=O) groups excluding carboxylic acids is 1. The van der Waals surface area contributed by atoms with Crippen LogP contribution in [-0.4, -0.2) is 44.9 Å². The number of nitrogens with zero attached hydrogens (tertiary/aromatic N) is 1. The molecule has 0 aromatic heterocycles. The zero-order valence-corrected chi connectivity index (χ0v) is 18.0. The Hall–Kier alpha value is -2.38. The molecule has 2 aromatic rings. The van der Waals surface area contributed by atoms with Crippen molar-refractivity contribution in [2.24, 2.45) is 0 Å². The predicted molar refractivity (Wildman–Crippen MR) is 113 cm³/mol. The van der Waals surface area contributed by atoms with Crippen LogP contribution in [0.15, 0.2) is 41.3 Å². The van der Waals surface area contributed by atoms with Crippen LogP contribution in [-0.2, 0) is 10.0 Å². The molecule has 0 radical (unpaired) electrons. The van der Waals surface area contributed by atoms with Crippen molar-refractivity contribution in [3.8, 4) is 5.75 Å². The fraction of sp³-hybridized carbons (Fsp3) is 0.409. The van der Waals surface area contributed by atoms with Crippen LogP contribution in [0.2, 0.25) is 0 Å². The van der Waals surface area contributed by atoms with Crippen molar-refractivity contribution >= 4 is 15.9 Å². The summed E-state index contributed by atoms with van der Waals surface area (Å²) in [4.78, 5) is 12.7. The van der Waals surface area contributed by atoms with E-state index >= 15 is 0 Å². The minimum atomic E-state index is -3.41. The highest BCUT2D eigenvalue weighted by atomic mass is 32.2. The average Bonchev–Trinajstić information content (AvgIpc) is 3.24. The van der Waals surface area contributed by atoms with Gasteiger partial charge in [-0.1, -0.05) is 6.07 Å². The lowest BCUT2D eigenvalue weighted by Crippen LogP contribution is -2.29. The van der Waals surface area contributed by atoms with Gasteiger partial charge in [0.15, 0.2) is 0 Å². The molecule has 1 amide bonds. The third-order valence-electron chi connectivity index (χ3n) is 5.27. The van der Waals surface area contributed by atoms with E-state index < -0.39 is 10.0 Å². The highest BCUT2D eigenvalue weighted by molar-refractivity contribution is 7.89. The number of hydrogen-bond acceptors (Lipinski definition) is 4. The molecule has 0 unspecified atom stereocenters. The molecule has 29 heavy (non-hydrogen) atoms. The Morgan fingerprint density at radius 2 is 1.62 bits per heavy atom. The second-order valence-electron chi connectivity index (χ2n) is 7.44. The Labute approximate surface area is 172 Å². The number of benzene rings is 2. The molecule has 0 bridgehead atoms. The van der Waals surface area contributed by atoms with Crippen LogP contribution in [0.25, 0.3) is 0 Å². The third-order valence-corrected chi connectivity index (χ3v) is 7.18. The Balaban J connectivity index is 1.51. The van der Waals surface area contributed by atoms with Gasteiger partial charge >= 0.3 is 0 Å². The van der Waals surface area contributed by atoms with Gasteiger partial charge in [-0.15, -0.1) is 0 Å². The molecule has 0 aliphatic carbocycles. The average molecular weight is 417 g/mol. The lowest BCUT2D eigenvalue weighted by atomic mass is 10.0. The molecule has 0 saturated carbocycles. The van der Waals surface area contributed by atoms with Gasteiger partial charge in [0.25, 0.3) is 5.91 Å². The van der Waals surface area contributed by atoms with Crippen LogP contribution in [0.3, 0.4) is 0 Å². The molecular formula is C22H28N2O4S. The number of amides is 1. The van der Waals surface area contributed by atoms with Crippen LogP contribution in [0.5, 0.6) is 5.75 Å². The number of sulfonamides is 1. The van der Waals surface area contributed by atoms with Gasteiger partial charge in [0.2, 0.25) is 10.0 Å². The normalized spacial score (nSPS) is 14.7. The number of aryl methyl sites for hydroxylation is 3. The maximum Gasteiger partial charge on any atom is 0.251 e. The lowest BCUT2D eigenvalue weighted by Gasteiger charge is -2.15. The third kappa shape index (κ3) is 4.97. The summed E-state index contributed by atoms with van der Waals surface area (Å²) < 4.78 is 32.2. The molecule has 1 aliphatic heterocycles. The van der Waals surface area contributed by atoms with Crippen molar-refractivity contribution in [3.05, 3.63) is 58.7 Å². The first-order valence-corrected chi connectivity index (χ1v) is 11.3. The first-order valence-electron chi connectivity index (χ1n) is 9.88. The smallest absolute Gasteiger partial charge is 0.251 e. The van der Waals surface area contributed by atoms with Crippen molar-refractivity contribution in [3.63, 3.8) is 0 Å². The molecule has 3 rings (SSSR count). The van der Waals surface area contributed by atoms with Crippen LogP contribution in [0.4, 0.5) is 0 Å². The summed E-state index contributed by atoms with van der Waals surface area (Å²) in [5.41, 5.74) is 3.87. The Kier molecular flexibility index (Phi) is 6.59. The van der Waals surface area contributed by atoms with E-state index in [1.54, 1.807) is 24.3 Å². The van der Waals surface area contributed by atoms with Crippen LogP contribution < -0.4 is 10.1 Å². The van der Waals surface area contributed by atoms with E-state index in [0.717, 1.165) is 29.5 Å². The predicted octanol–water partition coefficient (Wildman–Crippen LogP) is 3.21. The first-order chi connectivity index (χ1) is 13.8. The van der Waals surface area contributed by atoms with E-state index in [1.807, 2.05) is 32.9 Å². The van der Waals surface area contributed by atoms with Gasteiger partial charge in [0, 0.05) is 18.7 Å². The number of carbonyl (C=O) groups is 1. The number of rotatable bonds is 7. The topological polar surface area (TPSA) is 75.7 Å². The molecule has 1 aliphatic rings. The second kappa shape index (κ2) is 8.97. The van der Waals surface area contributed by atoms with Gasteiger partial charge in [-0.3, -0.25) is 4.79 Å². The van der Waals surface area contributed by atoms with E-state index in [1.165, 1.54) is 4.31 Å². The molecule has 1 heterocycles. The van der Waals surface area contributed by atoms with Crippen LogP contribution in [0.1, 0.15) is 39.9 Å². The molecule has 1 saturated heterocycles. The van der Waals surface area contributed by atoms with E-state index in [2.05, 4.69) is 5.32 Å². The summed E-state index contributed by atoms with van der Waals surface area (Å²) in [6.07, 6.45) is 1.82. The molecule has 2 aromatic carbocycles. The van der Waals surface area contributed by atoms with Crippen molar-refractivity contribution in [2.45, 2.75) is 38.5 Å².